The van der Waals surface area contributed by atoms with Gasteiger partial charge in [0.1, 0.15) is 0 Å². The van der Waals surface area contributed by atoms with Crippen LogP contribution in [0.1, 0.15) is 6.42 Å². The van der Waals surface area contributed by atoms with Crippen LogP contribution < -0.4 is 0 Å². The maximum absolute atomic E-state index is 8.65. The number of rotatable bonds is 1. The third-order valence-corrected chi connectivity index (χ3v) is 1.63. The summed E-state index contributed by atoms with van der Waals surface area (Å²) in [5.41, 5.74) is 0. The van der Waals surface area contributed by atoms with Gasteiger partial charge >= 0.3 is 0 Å². The lowest BCUT2D eigenvalue weighted by molar-refractivity contribution is 0.0220. The minimum Gasteiger partial charge on any atom is -0.394 e. The third-order valence-electron chi connectivity index (χ3n) is 1.63. The van der Waals surface area contributed by atoms with E-state index in [0.29, 0.717) is 6.42 Å². The van der Waals surface area contributed by atoms with Gasteiger partial charge in [-0.2, -0.15) is 5.26 Å². The fraction of sp³-hybridized carbons (Fsp3) is 0.714. The zero-order valence-electron chi connectivity index (χ0n) is 5.53. The minimum absolute atomic E-state index is 0.119. The van der Waals surface area contributed by atoms with E-state index in [4.69, 9.17) is 22.0 Å². The average molecular weight is 139 g/mol. The van der Waals surface area contributed by atoms with Crippen LogP contribution in [-0.2, 0) is 4.74 Å². The van der Waals surface area contributed by atoms with Gasteiger partial charge in [-0.1, -0.05) is 0 Å². The lowest BCUT2D eigenvalue weighted by Crippen LogP contribution is -2.19. The number of ether oxygens (including phenoxy) is 1. The quantitative estimate of drug-likeness (QED) is 0.555. The topological polar surface area (TPSA) is 53.2 Å². The molecule has 1 aliphatic heterocycles. The summed E-state index contributed by atoms with van der Waals surface area (Å²) in [6, 6.07) is 2.03. The maximum atomic E-state index is 8.65. The Kier molecular flexibility index (Phi) is 2.25. The van der Waals surface area contributed by atoms with Crippen LogP contribution in [-0.4, -0.2) is 23.9 Å². The van der Waals surface area contributed by atoms with Crippen LogP contribution in [0.3, 0.4) is 0 Å². The summed E-state index contributed by atoms with van der Waals surface area (Å²) >= 11 is 0. The molecule has 0 spiro atoms. The molecule has 0 aromatic heterocycles. The van der Waals surface area contributed by atoms with Gasteiger partial charge in [-0.05, 0) is 13.3 Å². The molecule has 1 aliphatic rings. The van der Waals surface area contributed by atoms with Crippen molar-refractivity contribution in [1.29, 1.82) is 5.26 Å². The first-order valence-corrected chi connectivity index (χ1v) is 3.19. The molecule has 54 valence electrons. The summed E-state index contributed by atoms with van der Waals surface area (Å²) in [7, 11) is 0. The van der Waals surface area contributed by atoms with Crippen molar-refractivity contribution in [3.8, 4) is 6.07 Å². The molecule has 0 aliphatic carbocycles. The highest BCUT2D eigenvalue weighted by Crippen LogP contribution is 2.24. The van der Waals surface area contributed by atoms with E-state index in [1.54, 1.807) is 0 Å². The van der Waals surface area contributed by atoms with Crippen molar-refractivity contribution < 1.29 is 9.84 Å². The maximum Gasteiger partial charge on any atom is 0.0968 e. The number of aliphatic hydroxyl groups is 1. The zero-order chi connectivity index (χ0) is 7.56. The average Bonchev–Trinajstić information content (AvgIpc) is 2.30. The van der Waals surface area contributed by atoms with Crippen molar-refractivity contribution in [3.63, 3.8) is 0 Å². The van der Waals surface area contributed by atoms with Crippen LogP contribution in [0, 0.1) is 24.2 Å². The lowest BCUT2D eigenvalue weighted by Gasteiger charge is -2.07. The van der Waals surface area contributed by atoms with Gasteiger partial charge in [0.05, 0.1) is 30.8 Å². The van der Waals surface area contributed by atoms with Crippen LogP contribution >= 0.6 is 0 Å². The van der Waals surface area contributed by atoms with Gasteiger partial charge in [0.15, 0.2) is 0 Å². The van der Waals surface area contributed by atoms with E-state index in [0.717, 1.165) is 0 Å². The smallest absolute Gasteiger partial charge is 0.0968 e. The van der Waals surface area contributed by atoms with E-state index in [1.165, 1.54) is 0 Å². The second kappa shape index (κ2) is 3.00. The number of aliphatic hydroxyl groups excluding tert-OH is 1. The van der Waals surface area contributed by atoms with Gasteiger partial charge in [-0.3, -0.25) is 0 Å². The summed E-state index contributed by atoms with van der Waals surface area (Å²) < 4.78 is 5.02. The van der Waals surface area contributed by atoms with Crippen molar-refractivity contribution in [3.05, 3.63) is 6.92 Å². The molecule has 0 bridgehead atoms. The summed E-state index contributed by atoms with van der Waals surface area (Å²) in [5.74, 6) is -0.236. The van der Waals surface area contributed by atoms with Crippen molar-refractivity contribution in [2.45, 2.75) is 18.6 Å². The number of nitrogens with zero attached hydrogens (tertiary/aromatic N) is 1. The Morgan fingerprint density at radius 3 is 2.90 bits per heavy atom. The highest BCUT2D eigenvalue weighted by atomic mass is 16.5. The Morgan fingerprint density at radius 1 is 1.80 bits per heavy atom. The molecule has 3 atom stereocenters. The molecule has 1 rings (SSSR count). The second-order valence-electron chi connectivity index (χ2n) is 2.37. The molecule has 3 nitrogen and oxygen atoms in total. The molecule has 1 saturated heterocycles. The van der Waals surface area contributed by atoms with Crippen LogP contribution in [0.25, 0.3) is 0 Å². The van der Waals surface area contributed by atoms with Crippen molar-refractivity contribution in [1.82, 2.24) is 0 Å². The van der Waals surface area contributed by atoms with Gasteiger partial charge in [0, 0.05) is 0 Å². The Bertz CT molecular complexity index is 152. The Labute approximate surface area is 60.2 Å². The van der Waals surface area contributed by atoms with Gasteiger partial charge in [0.25, 0.3) is 0 Å². The van der Waals surface area contributed by atoms with Crippen LogP contribution in [0.4, 0.5) is 0 Å². The summed E-state index contributed by atoms with van der Waals surface area (Å²) in [5, 5.41) is 17.1. The largest absolute Gasteiger partial charge is 0.394 e. The Balaban J connectivity index is 2.51. The summed E-state index contributed by atoms with van der Waals surface area (Å²) in [6.07, 6.45) is -0.219. The normalized spacial score (nSPS) is 39.5. The van der Waals surface area contributed by atoms with Gasteiger partial charge in [-0.25, -0.2) is 0 Å². The molecular weight excluding hydrogens is 130 g/mol. The molecule has 0 saturated carbocycles. The van der Waals surface area contributed by atoms with E-state index < -0.39 is 0 Å². The first-order valence-electron chi connectivity index (χ1n) is 3.19. The third kappa shape index (κ3) is 1.28. The first kappa shape index (κ1) is 7.52. The summed E-state index contributed by atoms with van der Waals surface area (Å²) in [6.45, 7) is 5.26. The standard InChI is InChI=1S/C7H9NO2/c1-5-2-6(3-8)7(4-9)10-5/h1,5-7,9H,2,4H2/t5?,6-,7+/m0/s1. The van der Waals surface area contributed by atoms with Crippen LogP contribution in [0.2, 0.25) is 0 Å². The highest BCUT2D eigenvalue weighted by molar-refractivity contribution is 4.95. The van der Waals surface area contributed by atoms with E-state index in [2.05, 4.69) is 0 Å². The van der Waals surface area contributed by atoms with Crippen molar-refractivity contribution >= 4 is 0 Å². The first-order chi connectivity index (χ1) is 4.77. The lowest BCUT2D eigenvalue weighted by atomic mass is 10.0. The molecule has 1 heterocycles. The molecule has 0 amide bonds. The Morgan fingerprint density at radius 2 is 2.50 bits per heavy atom. The molecule has 10 heavy (non-hydrogen) atoms. The summed E-state index contributed by atoms with van der Waals surface area (Å²) in [4.78, 5) is 0. The fourth-order valence-electron chi connectivity index (χ4n) is 1.08. The Hall–Kier alpha value is -0.590. The van der Waals surface area contributed by atoms with E-state index in [-0.39, 0.29) is 24.7 Å². The van der Waals surface area contributed by atoms with Crippen LogP contribution in [0.5, 0.6) is 0 Å². The predicted molar refractivity (Wildman–Crippen MR) is 33.8 cm³/mol. The van der Waals surface area contributed by atoms with Crippen molar-refractivity contribution in [2.24, 2.45) is 5.92 Å². The van der Waals surface area contributed by atoms with Gasteiger partial charge in [0.2, 0.25) is 0 Å². The fourth-order valence-corrected chi connectivity index (χ4v) is 1.08. The van der Waals surface area contributed by atoms with E-state index >= 15 is 0 Å². The number of hydrogen-bond donors (Lipinski definition) is 1. The molecule has 0 aromatic rings. The number of nitriles is 1. The molecule has 1 unspecified atom stereocenters. The zero-order valence-corrected chi connectivity index (χ0v) is 5.53. The number of hydrogen-bond acceptors (Lipinski definition) is 3. The second-order valence-corrected chi connectivity index (χ2v) is 2.37. The highest BCUT2D eigenvalue weighted by Gasteiger charge is 2.32. The molecular formula is C7H9NO2. The monoisotopic (exact) mass is 139 g/mol. The van der Waals surface area contributed by atoms with Gasteiger partial charge in [-0.15, -0.1) is 0 Å². The molecule has 1 fully saturated rings. The van der Waals surface area contributed by atoms with Crippen LogP contribution in [0.15, 0.2) is 0 Å². The van der Waals surface area contributed by atoms with E-state index in [1.807, 2.05) is 6.07 Å². The SMILES string of the molecule is [CH]C1C[C@@H](C#N)[C@@H](CO)O1. The molecule has 2 radical (unpaired) electrons. The van der Waals surface area contributed by atoms with Gasteiger partial charge < -0.3 is 9.84 Å². The predicted octanol–water partition coefficient (Wildman–Crippen LogP) is -0.0129. The molecule has 1 N–H and O–H groups in total. The minimum atomic E-state index is -0.375. The molecule has 3 heteroatoms. The van der Waals surface area contributed by atoms with E-state index in [9.17, 15) is 0 Å². The van der Waals surface area contributed by atoms with Crippen molar-refractivity contribution in [2.75, 3.05) is 6.61 Å². The molecule has 0 aromatic carbocycles.